The summed E-state index contributed by atoms with van der Waals surface area (Å²) in [5.41, 5.74) is 1.15. The Kier molecular flexibility index (Phi) is 5.55. The molecule has 3 rings (SSSR count). The molecule has 0 atom stereocenters. The van der Waals surface area contributed by atoms with Gasteiger partial charge in [0.1, 0.15) is 11.5 Å². The number of methoxy groups -OCH3 is 1. The molecule has 1 aromatic carbocycles. The molecular formula is C18H25N3O4S. The molecule has 26 heavy (non-hydrogen) atoms. The Labute approximate surface area is 154 Å². The first-order chi connectivity index (χ1) is 12.4. The highest BCUT2D eigenvalue weighted by atomic mass is 32.2. The van der Waals surface area contributed by atoms with Gasteiger partial charge in [-0.2, -0.15) is 0 Å². The average molecular weight is 379 g/mol. The van der Waals surface area contributed by atoms with Crippen LogP contribution in [-0.2, 0) is 16.6 Å². The Bertz CT molecular complexity index is 840. The highest BCUT2D eigenvalue weighted by Crippen LogP contribution is 2.23. The minimum atomic E-state index is -3.52. The molecule has 0 unspecified atom stereocenters. The van der Waals surface area contributed by atoms with E-state index in [1.54, 1.807) is 13.2 Å². The van der Waals surface area contributed by atoms with Crippen molar-refractivity contribution >= 4 is 15.7 Å². The van der Waals surface area contributed by atoms with E-state index in [-0.39, 0.29) is 5.09 Å². The largest absolute Gasteiger partial charge is 0.497 e. The van der Waals surface area contributed by atoms with Gasteiger partial charge in [-0.3, -0.25) is 4.90 Å². The molecule has 0 N–H and O–H groups in total. The van der Waals surface area contributed by atoms with Gasteiger partial charge in [0.25, 0.3) is 10.0 Å². The lowest BCUT2D eigenvalue weighted by molar-refractivity contribution is 0.223. The second-order valence-corrected chi connectivity index (χ2v) is 8.56. The molecule has 8 heteroatoms. The molecular weight excluding hydrogens is 354 g/mol. The lowest BCUT2D eigenvalue weighted by Gasteiger charge is -2.35. The van der Waals surface area contributed by atoms with Crippen LogP contribution in [0.2, 0.25) is 0 Å². The van der Waals surface area contributed by atoms with E-state index in [1.165, 1.54) is 20.2 Å². The van der Waals surface area contributed by atoms with Crippen LogP contribution in [0.5, 0.6) is 5.75 Å². The van der Waals surface area contributed by atoms with E-state index in [0.29, 0.717) is 12.3 Å². The molecule has 1 aliphatic heterocycles. The second-order valence-electron chi connectivity index (χ2n) is 6.47. The maximum Gasteiger partial charge on any atom is 0.275 e. The van der Waals surface area contributed by atoms with Crippen LogP contribution in [0.3, 0.4) is 0 Å². The molecule has 2 aromatic rings. The van der Waals surface area contributed by atoms with Gasteiger partial charge in [0, 0.05) is 52.0 Å². The molecule has 2 heterocycles. The van der Waals surface area contributed by atoms with Crippen molar-refractivity contribution in [2.75, 3.05) is 52.3 Å². The molecule has 7 nitrogen and oxygen atoms in total. The average Bonchev–Trinajstić information content (AvgIpc) is 3.11. The van der Waals surface area contributed by atoms with Crippen molar-refractivity contribution in [1.82, 2.24) is 9.21 Å². The summed E-state index contributed by atoms with van der Waals surface area (Å²) in [6.07, 6.45) is 0. The molecule has 1 fully saturated rings. The number of anilines is 1. The molecule has 0 bridgehead atoms. The van der Waals surface area contributed by atoms with E-state index < -0.39 is 10.0 Å². The number of hydrogen-bond donors (Lipinski definition) is 0. The zero-order chi connectivity index (χ0) is 18.7. The van der Waals surface area contributed by atoms with Gasteiger partial charge in [0.2, 0.25) is 5.09 Å². The molecule has 0 radical (unpaired) electrons. The number of nitrogens with zero attached hydrogens (tertiary/aromatic N) is 3. The van der Waals surface area contributed by atoms with Crippen LogP contribution in [-0.4, -0.2) is 65.0 Å². The van der Waals surface area contributed by atoms with Crippen molar-refractivity contribution in [3.8, 4) is 5.75 Å². The summed E-state index contributed by atoms with van der Waals surface area (Å²) in [6, 6.07) is 11.3. The molecule has 0 spiro atoms. The fourth-order valence-corrected chi connectivity index (χ4v) is 3.77. The molecule has 142 valence electrons. The number of hydrogen-bond acceptors (Lipinski definition) is 6. The Hall–Kier alpha value is -2.03. The maximum absolute atomic E-state index is 12.1. The monoisotopic (exact) mass is 379 g/mol. The number of piperazine rings is 1. The second kappa shape index (κ2) is 7.69. The molecule has 0 amide bonds. The lowest BCUT2D eigenvalue weighted by Crippen LogP contribution is -2.45. The van der Waals surface area contributed by atoms with Crippen molar-refractivity contribution in [2.45, 2.75) is 11.6 Å². The van der Waals surface area contributed by atoms with Crippen LogP contribution >= 0.6 is 0 Å². The predicted octanol–water partition coefficient (Wildman–Crippen LogP) is 1.86. The topological polar surface area (TPSA) is 66.2 Å². The summed E-state index contributed by atoms with van der Waals surface area (Å²) < 4.78 is 36.2. The fourth-order valence-electron chi connectivity index (χ4n) is 2.95. The van der Waals surface area contributed by atoms with Crippen LogP contribution < -0.4 is 9.64 Å². The molecule has 0 saturated carbocycles. The third kappa shape index (κ3) is 4.03. The Morgan fingerprint density at radius 1 is 1.12 bits per heavy atom. The van der Waals surface area contributed by atoms with Gasteiger partial charge in [-0.15, -0.1) is 0 Å². The zero-order valence-corrected chi connectivity index (χ0v) is 16.2. The van der Waals surface area contributed by atoms with Gasteiger partial charge in [-0.1, -0.05) is 6.07 Å². The predicted molar refractivity (Wildman–Crippen MR) is 100 cm³/mol. The number of benzene rings is 1. The number of rotatable bonds is 6. The summed E-state index contributed by atoms with van der Waals surface area (Å²) >= 11 is 0. The van der Waals surface area contributed by atoms with Crippen LogP contribution in [0, 0.1) is 0 Å². The van der Waals surface area contributed by atoms with Crippen molar-refractivity contribution in [1.29, 1.82) is 0 Å². The first kappa shape index (κ1) is 18.8. The van der Waals surface area contributed by atoms with Gasteiger partial charge in [-0.25, -0.2) is 12.7 Å². The van der Waals surface area contributed by atoms with Crippen LogP contribution in [0.1, 0.15) is 5.76 Å². The smallest absolute Gasteiger partial charge is 0.275 e. The van der Waals surface area contributed by atoms with E-state index in [1.807, 2.05) is 18.2 Å². The SMILES string of the molecule is COc1cccc(N2CCN(Cc3ccc(S(=O)(=O)N(C)C)o3)CC2)c1. The number of sulfonamides is 1. The van der Waals surface area contributed by atoms with Crippen LogP contribution in [0.4, 0.5) is 5.69 Å². The fraction of sp³-hybridized carbons (Fsp3) is 0.444. The van der Waals surface area contributed by atoms with Gasteiger partial charge in [0.15, 0.2) is 0 Å². The number of furan rings is 1. The summed E-state index contributed by atoms with van der Waals surface area (Å²) in [4.78, 5) is 4.59. The van der Waals surface area contributed by atoms with Gasteiger partial charge in [0.05, 0.1) is 13.7 Å². The van der Waals surface area contributed by atoms with E-state index in [9.17, 15) is 8.42 Å². The van der Waals surface area contributed by atoms with E-state index in [0.717, 1.165) is 41.9 Å². The Morgan fingerprint density at radius 3 is 2.50 bits per heavy atom. The third-order valence-corrected chi connectivity index (χ3v) is 6.23. The van der Waals surface area contributed by atoms with Gasteiger partial charge < -0.3 is 14.1 Å². The van der Waals surface area contributed by atoms with Gasteiger partial charge in [-0.05, 0) is 24.3 Å². The van der Waals surface area contributed by atoms with Crippen LogP contribution in [0.25, 0.3) is 0 Å². The minimum Gasteiger partial charge on any atom is -0.497 e. The van der Waals surface area contributed by atoms with Crippen molar-refractivity contribution < 1.29 is 17.6 Å². The third-order valence-electron chi connectivity index (χ3n) is 4.54. The summed E-state index contributed by atoms with van der Waals surface area (Å²) in [5.74, 6) is 1.52. The highest BCUT2D eigenvalue weighted by molar-refractivity contribution is 7.88. The normalized spacial score (nSPS) is 16.2. The van der Waals surface area contributed by atoms with Crippen LogP contribution in [0.15, 0.2) is 45.9 Å². The quantitative estimate of drug-likeness (QED) is 0.763. The molecule has 0 aliphatic carbocycles. The first-order valence-corrected chi connectivity index (χ1v) is 9.97. The first-order valence-electron chi connectivity index (χ1n) is 8.53. The standard InChI is InChI=1S/C18H25N3O4S/c1-19(2)26(22,23)18-8-7-17(25-18)14-20-9-11-21(12-10-20)15-5-4-6-16(13-15)24-3/h4-8,13H,9-12,14H2,1-3H3. The van der Waals surface area contributed by atoms with E-state index >= 15 is 0 Å². The zero-order valence-electron chi connectivity index (χ0n) is 15.4. The van der Waals surface area contributed by atoms with Crippen molar-refractivity contribution in [3.63, 3.8) is 0 Å². The van der Waals surface area contributed by atoms with Gasteiger partial charge >= 0.3 is 0 Å². The van der Waals surface area contributed by atoms with E-state index in [4.69, 9.17) is 9.15 Å². The van der Waals surface area contributed by atoms with Crippen molar-refractivity contribution in [3.05, 3.63) is 42.2 Å². The molecule has 1 aliphatic rings. The highest BCUT2D eigenvalue weighted by Gasteiger charge is 2.23. The minimum absolute atomic E-state index is 0.00693. The Balaban J connectivity index is 1.58. The summed E-state index contributed by atoms with van der Waals surface area (Å²) in [7, 11) is 1.14. The summed E-state index contributed by atoms with van der Waals surface area (Å²) in [6.45, 7) is 4.17. The van der Waals surface area contributed by atoms with Crippen molar-refractivity contribution in [2.24, 2.45) is 0 Å². The number of ether oxygens (including phenoxy) is 1. The lowest BCUT2D eigenvalue weighted by atomic mass is 10.2. The summed E-state index contributed by atoms with van der Waals surface area (Å²) in [5, 5.41) is -0.00693. The maximum atomic E-state index is 12.1. The Morgan fingerprint density at radius 2 is 1.85 bits per heavy atom. The van der Waals surface area contributed by atoms with E-state index in [2.05, 4.69) is 15.9 Å². The molecule has 1 saturated heterocycles. The molecule has 1 aromatic heterocycles.